The smallest absolute Gasteiger partial charge is 0.225 e. The van der Waals surface area contributed by atoms with Crippen molar-refractivity contribution in [1.82, 2.24) is 15.1 Å². The van der Waals surface area contributed by atoms with Crippen LogP contribution in [0.4, 0.5) is 0 Å². The van der Waals surface area contributed by atoms with Crippen molar-refractivity contribution < 1.29 is 4.79 Å². The summed E-state index contributed by atoms with van der Waals surface area (Å²) in [6.07, 6.45) is 2.58. The van der Waals surface area contributed by atoms with Crippen LogP contribution in [0.15, 0.2) is 12.3 Å². The fourth-order valence-corrected chi connectivity index (χ4v) is 1.22. The van der Waals surface area contributed by atoms with Crippen LogP contribution in [0.1, 0.15) is 26.5 Å². The standard InChI is InChI=1S/C11H19N3O/c1-11(2,3)10(15)12-7-5-9-6-8-13-14(9)4/h6,8H,5,7H2,1-4H3,(H,12,15). The van der Waals surface area contributed by atoms with Crippen molar-refractivity contribution in [2.24, 2.45) is 12.5 Å². The monoisotopic (exact) mass is 209 g/mol. The largest absolute Gasteiger partial charge is 0.355 e. The number of hydrogen-bond donors (Lipinski definition) is 1. The molecule has 1 aromatic rings. The van der Waals surface area contributed by atoms with Crippen LogP contribution in [0.2, 0.25) is 0 Å². The summed E-state index contributed by atoms with van der Waals surface area (Å²) in [7, 11) is 1.90. The average Bonchev–Trinajstić information content (AvgIpc) is 2.50. The Morgan fingerprint density at radius 1 is 1.53 bits per heavy atom. The van der Waals surface area contributed by atoms with E-state index in [0.29, 0.717) is 6.54 Å². The number of aryl methyl sites for hydroxylation is 1. The van der Waals surface area contributed by atoms with Crippen molar-refractivity contribution in [1.29, 1.82) is 0 Å². The number of carbonyl (C=O) groups excluding carboxylic acids is 1. The summed E-state index contributed by atoms with van der Waals surface area (Å²) in [6, 6.07) is 1.96. The molecule has 0 saturated carbocycles. The molecule has 0 aliphatic carbocycles. The predicted octanol–water partition coefficient (Wildman–Crippen LogP) is 1.12. The van der Waals surface area contributed by atoms with Crippen molar-refractivity contribution >= 4 is 5.91 Å². The molecule has 0 saturated heterocycles. The quantitative estimate of drug-likeness (QED) is 0.811. The molecular formula is C11H19N3O. The van der Waals surface area contributed by atoms with Crippen molar-refractivity contribution in [3.63, 3.8) is 0 Å². The Balaban J connectivity index is 2.35. The highest BCUT2D eigenvalue weighted by Gasteiger charge is 2.20. The number of nitrogens with one attached hydrogen (secondary N) is 1. The highest BCUT2D eigenvalue weighted by atomic mass is 16.2. The lowest BCUT2D eigenvalue weighted by molar-refractivity contribution is -0.128. The lowest BCUT2D eigenvalue weighted by atomic mass is 9.96. The van der Waals surface area contributed by atoms with E-state index >= 15 is 0 Å². The lowest BCUT2D eigenvalue weighted by Gasteiger charge is -2.17. The molecule has 0 aliphatic rings. The average molecular weight is 209 g/mol. The minimum Gasteiger partial charge on any atom is -0.355 e. The maximum Gasteiger partial charge on any atom is 0.225 e. The van der Waals surface area contributed by atoms with E-state index in [-0.39, 0.29) is 11.3 Å². The second-order valence-corrected chi connectivity index (χ2v) is 4.70. The van der Waals surface area contributed by atoms with Gasteiger partial charge in [-0.05, 0) is 6.07 Å². The van der Waals surface area contributed by atoms with Gasteiger partial charge in [-0.3, -0.25) is 9.48 Å². The zero-order chi connectivity index (χ0) is 11.5. The first-order valence-electron chi connectivity index (χ1n) is 5.16. The van der Waals surface area contributed by atoms with E-state index < -0.39 is 0 Å². The number of aromatic nitrogens is 2. The van der Waals surface area contributed by atoms with Gasteiger partial charge in [0.2, 0.25) is 5.91 Å². The van der Waals surface area contributed by atoms with Gasteiger partial charge in [0, 0.05) is 37.3 Å². The molecule has 1 aromatic heterocycles. The second kappa shape index (κ2) is 4.47. The molecule has 0 atom stereocenters. The van der Waals surface area contributed by atoms with Gasteiger partial charge >= 0.3 is 0 Å². The SMILES string of the molecule is Cn1nccc1CCNC(=O)C(C)(C)C. The van der Waals surface area contributed by atoms with Crippen molar-refractivity contribution in [2.45, 2.75) is 27.2 Å². The van der Waals surface area contributed by atoms with Gasteiger partial charge in [0.25, 0.3) is 0 Å². The lowest BCUT2D eigenvalue weighted by Crippen LogP contribution is -2.36. The van der Waals surface area contributed by atoms with E-state index in [1.165, 1.54) is 0 Å². The maximum atomic E-state index is 11.5. The van der Waals surface area contributed by atoms with Crippen molar-refractivity contribution in [3.8, 4) is 0 Å². The van der Waals surface area contributed by atoms with E-state index in [4.69, 9.17) is 0 Å². The Morgan fingerprint density at radius 3 is 2.67 bits per heavy atom. The molecule has 1 heterocycles. The third kappa shape index (κ3) is 3.38. The van der Waals surface area contributed by atoms with Crippen LogP contribution in [-0.4, -0.2) is 22.2 Å². The molecule has 1 rings (SSSR count). The molecule has 0 fully saturated rings. The minimum atomic E-state index is -0.313. The molecule has 0 spiro atoms. The molecule has 0 bridgehead atoms. The Hall–Kier alpha value is -1.32. The zero-order valence-electron chi connectivity index (χ0n) is 9.87. The second-order valence-electron chi connectivity index (χ2n) is 4.70. The first kappa shape index (κ1) is 11.8. The molecule has 4 nitrogen and oxygen atoms in total. The predicted molar refractivity (Wildman–Crippen MR) is 59.4 cm³/mol. The molecule has 84 valence electrons. The first-order chi connectivity index (χ1) is 6.91. The summed E-state index contributed by atoms with van der Waals surface area (Å²) in [6.45, 7) is 6.39. The van der Waals surface area contributed by atoms with Gasteiger partial charge in [-0.2, -0.15) is 5.10 Å². The van der Waals surface area contributed by atoms with E-state index in [2.05, 4.69) is 10.4 Å². The summed E-state index contributed by atoms with van der Waals surface area (Å²) in [5, 5.41) is 6.98. The molecule has 1 N–H and O–H groups in total. The number of rotatable bonds is 3. The molecular weight excluding hydrogens is 190 g/mol. The summed E-state index contributed by atoms with van der Waals surface area (Å²) < 4.78 is 1.82. The van der Waals surface area contributed by atoms with Crippen LogP contribution in [0.25, 0.3) is 0 Å². The van der Waals surface area contributed by atoms with Crippen LogP contribution in [0, 0.1) is 5.41 Å². The van der Waals surface area contributed by atoms with Gasteiger partial charge in [-0.25, -0.2) is 0 Å². The number of nitrogens with zero attached hydrogens (tertiary/aromatic N) is 2. The fourth-order valence-electron chi connectivity index (χ4n) is 1.22. The summed E-state index contributed by atoms with van der Waals surface area (Å²) in [5.41, 5.74) is 0.816. The molecule has 0 aliphatic heterocycles. The van der Waals surface area contributed by atoms with Gasteiger partial charge < -0.3 is 5.32 Å². The summed E-state index contributed by atoms with van der Waals surface area (Å²) >= 11 is 0. The summed E-state index contributed by atoms with van der Waals surface area (Å²) in [4.78, 5) is 11.5. The number of amides is 1. The molecule has 1 amide bonds. The van der Waals surface area contributed by atoms with Gasteiger partial charge in [0.1, 0.15) is 0 Å². The zero-order valence-corrected chi connectivity index (χ0v) is 9.87. The molecule has 0 radical (unpaired) electrons. The maximum absolute atomic E-state index is 11.5. The van der Waals surface area contributed by atoms with Gasteiger partial charge in [-0.1, -0.05) is 20.8 Å². The first-order valence-corrected chi connectivity index (χ1v) is 5.16. The number of carbonyl (C=O) groups is 1. The molecule has 4 heteroatoms. The van der Waals surface area contributed by atoms with E-state index in [1.807, 2.05) is 38.6 Å². The van der Waals surface area contributed by atoms with E-state index in [9.17, 15) is 4.79 Å². The highest BCUT2D eigenvalue weighted by Crippen LogP contribution is 2.12. The van der Waals surface area contributed by atoms with E-state index in [1.54, 1.807) is 6.20 Å². The van der Waals surface area contributed by atoms with E-state index in [0.717, 1.165) is 12.1 Å². The van der Waals surface area contributed by atoms with Crippen LogP contribution in [0.5, 0.6) is 0 Å². The number of hydrogen-bond acceptors (Lipinski definition) is 2. The van der Waals surface area contributed by atoms with Crippen LogP contribution >= 0.6 is 0 Å². The van der Waals surface area contributed by atoms with Crippen molar-refractivity contribution in [2.75, 3.05) is 6.54 Å². The van der Waals surface area contributed by atoms with Gasteiger partial charge in [-0.15, -0.1) is 0 Å². The summed E-state index contributed by atoms with van der Waals surface area (Å²) in [5.74, 6) is 0.0877. The Morgan fingerprint density at radius 2 is 2.20 bits per heavy atom. The molecule has 0 unspecified atom stereocenters. The highest BCUT2D eigenvalue weighted by molar-refractivity contribution is 5.81. The van der Waals surface area contributed by atoms with Crippen LogP contribution in [-0.2, 0) is 18.3 Å². The Labute approximate surface area is 90.7 Å². The molecule has 0 aromatic carbocycles. The topological polar surface area (TPSA) is 46.9 Å². The Kier molecular flexibility index (Phi) is 3.50. The van der Waals surface area contributed by atoms with Crippen molar-refractivity contribution in [3.05, 3.63) is 18.0 Å². The third-order valence-electron chi connectivity index (χ3n) is 2.27. The molecule has 15 heavy (non-hydrogen) atoms. The van der Waals surface area contributed by atoms with Crippen LogP contribution in [0.3, 0.4) is 0 Å². The van der Waals surface area contributed by atoms with Gasteiger partial charge in [0.15, 0.2) is 0 Å². The fraction of sp³-hybridized carbons (Fsp3) is 0.636. The van der Waals surface area contributed by atoms with Crippen LogP contribution < -0.4 is 5.32 Å². The Bertz CT molecular complexity index is 336. The normalized spacial score (nSPS) is 11.5. The van der Waals surface area contributed by atoms with Gasteiger partial charge in [0.05, 0.1) is 0 Å². The minimum absolute atomic E-state index is 0.0877. The third-order valence-corrected chi connectivity index (χ3v) is 2.27.